The Hall–Kier alpha value is -4.37. The highest BCUT2D eigenvalue weighted by Gasteiger charge is 2.32. The molecule has 0 bridgehead atoms. The number of nitrogens with one attached hydrogen (secondary N) is 2. The number of ketones is 1. The molecular formula is C36H46N4O5. The van der Waals surface area contributed by atoms with E-state index in [1.165, 1.54) is 5.06 Å². The summed E-state index contributed by atoms with van der Waals surface area (Å²) in [6, 6.07) is 21.8. The Labute approximate surface area is 266 Å². The van der Waals surface area contributed by atoms with Crippen molar-refractivity contribution in [3.05, 3.63) is 89.6 Å². The van der Waals surface area contributed by atoms with Crippen LogP contribution in [0.2, 0.25) is 0 Å². The van der Waals surface area contributed by atoms with E-state index in [4.69, 9.17) is 4.84 Å². The fourth-order valence-electron chi connectivity index (χ4n) is 5.10. The highest BCUT2D eigenvalue weighted by atomic mass is 16.7. The minimum absolute atomic E-state index is 0.0779. The smallest absolute Gasteiger partial charge is 0.271 e. The molecule has 2 atom stereocenters. The molecule has 0 unspecified atom stereocenters. The molecule has 2 aromatic carbocycles. The number of carbonyl (C=O) groups is 4. The van der Waals surface area contributed by atoms with Gasteiger partial charge in [0, 0.05) is 11.0 Å². The molecule has 1 aromatic heterocycles. The average molecular weight is 615 g/mol. The van der Waals surface area contributed by atoms with E-state index >= 15 is 0 Å². The molecule has 240 valence electrons. The maximum Gasteiger partial charge on any atom is 0.271 e. The maximum atomic E-state index is 13.4. The molecule has 2 N–H and O–H groups in total. The van der Waals surface area contributed by atoms with Crippen molar-refractivity contribution >= 4 is 24.0 Å². The van der Waals surface area contributed by atoms with Gasteiger partial charge in [-0.25, -0.2) is 10.0 Å². The van der Waals surface area contributed by atoms with Crippen molar-refractivity contribution in [2.45, 2.75) is 84.8 Å². The molecule has 0 fully saturated rings. The molecule has 0 aliphatic carbocycles. The molecule has 9 heteroatoms. The number of rotatable bonds is 18. The highest BCUT2D eigenvalue weighted by Crippen LogP contribution is 2.27. The lowest BCUT2D eigenvalue weighted by Crippen LogP contribution is -2.48. The number of hydrogen-bond acceptors (Lipinski definition) is 6. The van der Waals surface area contributed by atoms with Gasteiger partial charge in [-0.3, -0.25) is 24.0 Å². The number of hydroxylamine groups is 2. The van der Waals surface area contributed by atoms with Gasteiger partial charge in [0.1, 0.15) is 18.1 Å². The summed E-state index contributed by atoms with van der Waals surface area (Å²) < 4.78 is 0. The summed E-state index contributed by atoms with van der Waals surface area (Å²) in [5.41, 5.74) is 2.87. The number of unbranched alkanes of at least 4 members (excludes halogenated alkanes) is 2. The van der Waals surface area contributed by atoms with E-state index in [1.54, 1.807) is 19.1 Å². The first-order chi connectivity index (χ1) is 21.6. The number of hydrogen-bond donors (Lipinski definition) is 2. The summed E-state index contributed by atoms with van der Waals surface area (Å²) in [5, 5.41) is 6.82. The van der Waals surface area contributed by atoms with Crippen LogP contribution in [0.3, 0.4) is 0 Å². The lowest BCUT2D eigenvalue weighted by atomic mass is 9.81. The molecule has 3 rings (SSSR count). The van der Waals surface area contributed by atoms with Gasteiger partial charge in [-0.1, -0.05) is 93.8 Å². The second-order valence-corrected chi connectivity index (χ2v) is 11.7. The van der Waals surface area contributed by atoms with Crippen LogP contribution in [-0.2, 0) is 31.2 Å². The predicted octanol–water partition coefficient (Wildman–Crippen LogP) is 5.98. The summed E-state index contributed by atoms with van der Waals surface area (Å²) in [6.07, 6.45) is 4.52. The van der Waals surface area contributed by atoms with Crippen molar-refractivity contribution in [1.29, 1.82) is 0 Å². The minimum Gasteiger partial charge on any atom is -0.338 e. The summed E-state index contributed by atoms with van der Waals surface area (Å²) >= 11 is 0. The van der Waals surface area contributed by atoms with Crippen molar-refractivity contribution in [2.24, 2.45) is 5.92 Å². The van der Waals surface area contributed by atoms with E-state index in [2.05, 4.69) is 22.5 Å². The molecule has 0 spiro atoms. The summed E-state index contributed by atoms with van der Waals surface area (Å²) in [5.74, 6) is -1.13. The van der Waals surface area contributed by atoms with E-state index in [0.717, 1.165) is 36.0 Å². The van der Waals surface area contributed by atoms with Crippen LogP contribution in [0.4, 0.5) is 0 Å². The van der Waals surface area contributed by atoms with Gasteiger partial charge in [-0.15, -0.1) is 0 Å². The predicted molar refractivity (Wildman–Crippen MR) is 175 cm³/mol. The average Bonchev–Trinajstić information content (AvgIpc) is 3.06. The van der Waals surface area contributed by atoms with Gasteiger partial charge in [0.25, 0.3) is 5.91 Å². The second-order valence-electron chi connectivity index (χ2n) is 11.7. The molecule has 1 heterocycles. The van der Waals surface area contributed by atoms with E-state index in [1.807, 2.05) is 81.4 Å². The molecule has 45 heavy (non-hydrogen) atoms. The number of carbonyl (C=O) groups excluding carboxylic acids is 4. The van der Waals surface area contributed by atoms with Gasteiger partial charge < -0.3 is 10.6 Å². The zero-order valence-electron chi connectivity index (χ0n) is 27.0. The van der Waals surface area contributed by atoms with Crippen LogP contribution in [-0.4, -0.2) is 46.8 Å². The molecule has 3 aromatic rings. The molecule has 9 nitrogen and oxygen atoms in total. The maximum absolute atomic E-state index is 13.4. The minimum atomic E-state index is -0.592. The van der Waals surface area contributed by atoms with E-state index in [-0.39, 0.29) is 30.7 Å². The van der Waals surface area contributed by atoms with E-state index < -0.39 is 23.3 Å². The van der Waals surface area contributed by atoms with Gasteiger partial charge in [0.05, 0.1) is 24.3 Å². The van der Waals surface area contributed by atoms with Gasteiger partial charge in [0.15, 0.2) is 0 Å². The molecule has 0 aliphatic rings. The van der Waals surface area contributed by atoms with E-state index in [9.17, 15) is 19.2 Å². The third-order valence-corrected chi connectivity index (χ3v) is 8.27. The quantitative estimate of drug-likeness (QED) is 0.0788. The van der Waals surface area contributed by atoms with Crippen LogP contribution in [0.1, 0.15) is 88.3 Å². The summed E-state index contributed by atoms with van der Waals surface area (Å²) in [6.45, 7) is 9.49. The van der Waals surface area contributed by atoms with Gasteiger partial charge in [0.2, 0.25) is 12.3 Å². The van der Waals surface area contributed by atoms with Crippen molar-refractivity contribution in [3.8, 4) is 11.3 Å². The largest absolute Gasteiger partial charge is 0.338 e. The Bertz CT molecular complexity index is 1410. The van der Waals surface area contributed by atoms with Crippen LogP contribution < -0.4 is 10.6 Å². The third kappa shape index (κ3) is 9.81. The summed E-state index contributed by atoms with van der Waals surface area (Å²) in [7, 11) is 0. The Morgan fingerprint density at radius 3 is 2.27 bits per heavy atom. The monoisotopic (exact) mass is 614 g/mol. The fourth-order valence-corrected chi connectivity index (χ4v) is 5.10. The molecule has 0 saturated heterocycles. The lowest BCUT2D eigenvalue weighted by Gasteiger charge is -2.32. The van der Waals surface area contributed by atoms with Gasteiger partial charge in [-0.05, 0) is 56.9 Å². The number of pyridine rings is 1. The van der Waals surface area contributed by atoms with Crippen molar-refractivity contribution in [3.63, 3.8) is 0 Å². The van der Waals surface area contributed by atoms with Crippen molar-refractivity contribution in [2.75, 3.05) is 6.67 Å². The Morgan fingerprint density at radius 1 is 0.933 bits per heavy atom. The highest BCUT2D eigenvalue weighted by molar-refractivity contribution is 5.93. The molecule has 0 aliphatic heterocycles. The normalized spacial score (nSPS) is 12.6. The Balaban J connectivity index is 1.64. The lowest BCUT2D eigenvalue weighted by molar-refractivity contribution is -0.200. The topological polar surface area (TPSA) is 118 Å². The van der Waals surface area contributed by atoms with Gasteiger partial charge in [-0.2, -0.15) is 0 Å². The molecule has 0 saturated carbocycles. The number of aromatic nitrogens is 1. The number of nitrogens with zero attached hydrogens (tertiary/aromatic N) is 2. The van der Waals surface area contributed by atoms with Crippen molar-refractivity contribution in [1.82, 2.24) is 20.7 Å². The molecule has 0 radical (unpaired) electrons. The van der Waals surface area contributed by atoms with Crippen LogP contribution in [0.15, 0.2) is 72.8 Å². The second kappa shape index (κ2) is 17.2. The SMILES string of the molecule is CCCCC[C@@H](C(=O)NCNC(=O)c1cccc(-c2ccc(C(C)(C)C(C)=O)cc2)n1)[C@@H](CC)N(C=O)OCc1ccccc1. The zero-order chi connectivity index (χ0) is 32.8. The number of Topliss-reactive ketones (excluding diaryl/α,β-unsaturated/α-hetero) is 1. The zero-order valence-corrected chi connectivity index (χ0v) is 27.0. The Kier molecular flexibility index (Phi) is 13.4. The van der Waals surface area contributed by atoms with Gasteiger partial charge >= 0.3 is 0 Å². The third-order valence-electron chi connectivity index (χ3n) is 8.27. The summed E-state index contributed by atoms with van der Waals surface area (Å²) in [4.78, 5) is 60.9. The van der Waals surface area contributed by atoms with Crippen LogP contribution in [0.25, 0.3) is 11.3 Å². The Morgan fingerprint density at radius 2 is 1.64 bits per heavy atom. The first kappa shape index (κ1) is 35.1. The van der Waals surface area contributed by atoms with Crippen LogP contribution in [0, 0.1) is 5.92 Å². The van der Waals surface area contributed by atoms with E-state index in [0.29, 0.717) is 24.9 Å². The molecular weight excluding hydrogens is 568 g/mol. The fraction of sp³-hybridized carbons (Fsp3) is 0.417. The molecule has 3 amide bonds. The number of amides is 3. The number of benzene rings is 2. The van der Waals surface area contributed by atoms with Crippen LogP contribution >= 0.6 is 0 Å². The first-order valence-electron chi connectivity index (χ1n) is 15.7. The standard InChI is InChI=1S/C36H46N4O5/c1-6-8-10-16-30(33(7-2)40(25-41)45-23-27-14-11-9-12-15-27)34(43)37-24-38-35(44)32-18-13-17-31(39-32)28-19-21-29(22-20-28)36(4,5)26(3)42/h9,11-15,17-22,25,30,33H,6-8,10,16,23-24H2,1-5H3,(H,37,43)(H,38,44)/t30-,33-/m1/s1. The first-order valence-corrected chi connectivity index (χ1v) is 15.7. The van der Waals surface area contributed by atoms with Crippen molar-refractivity contribution < 1.29 is 24.0 Å². The van der Waals surface area contributed by atoms with Crippen LogP contribution in [0.5, 0.6) is 0 Å².